The molecule has 0 spiro atoms. The molecule has 22 heavy (non-hydrogen) atoms. The summed E-state index contributed by atoms with van der Waals surface area (Å²) >= 11 is 0. The van der Waals surface area contributed by atoms with E-state index < -0.39 is 5.97 Å². The van der Waals surface area contributed by atoms with Crippen molar-refractivity contribution in [3.8, 4) is 0 Å². The number of hydrogen-bond acceptors (Lipinski definition) is 2. The van der Waals surface area contributed by atoms with Gasteiger partial charge in [0.1, 0.15) is 0 Å². The van der Waals surface area contributed by atoms with E-state index in [0.29, 0.717) is 19.5 Å². The minimum Gasteiger partial charge on any atom is -0.481 e. The highest BCUT2D eigenvalue weighted by Crippen LogP contribution is 2.51. The van der Waals surface area contributed by atoms with Crippen LogP contribution in [0.25, 0.3) is 10.9 Å². The minimum absolute atomic E-state index is 0.101. The normalized spacial score (nSPS) is 26.2. The zero-order valence-electron chi connectivity index (χ0n) is 12.4. The summed E-state index contributed by atoms with van der Waals surface area (Å²) in [5.41, 5.74) is 3.14. The first-order chi connectivity index (χ1) is 10.6. The van der Waals surface area contributed by atoms with Crippen molar-refractivity contribution in [1.82, 2.24) is 9.88 Å². The van der Waals surface area contributed by atoms with E-state index in [1.165, 1.54) is 0 Å². The van der Waals surface area contributed by atoms with Crippen LogP contribution in [0.15, 0.2) is 24.3 Å². The number of likely N-dealkylation sites (tertiary alicyclic amines) is 1. The van der Waals surface area contributed by atoms with Gasteiger partial charge >= 0.3 is 5.97 Å². The summed E-state index contributed by atoms with van der Waals surface area (Å²) in [5.74, 6) is -0.492. The van der Waals surface area contributed by atoms with Crippen LogP contribution in [0.5, 0.6) is 0 Å². The van der Waals surface area contributed by atoms with E-state index in [1.807, 2.05) is 36.1 Å². The number of aromatic nitrogens is 1. The fourth-order valence-corrected chi connectivity index (χ4v) is 3.92. The Morgan fingerprint density at radius 2 is 1.95 bits per heavy atom. The zero-order chi connectivity index (χ0) is 15.4. The molecule has 1 aromatic carbocycles. The van der Waals surface area contributed by atoms with Crippen LogP contribution in [0.1, 0.15) is 11.3 Å². The van der Waals surface area contributed by atoms with Crippen LogP contribution in [0.3, 0.4) is 0 Å². The summed E-state index contributed by atoms with van der Waals surface area (Å²) in [6.07, 6.45) is 0.382. The summed E-state index contributed by atoms with van der Waals surface area (Å²) in [4.78, 5) is 28.7. The van der Waals surface area contributed by atoms with Crippen LogP contribution in [0.2, 0.25) is 0 Å². The van der Waals surface area contributed by atoms with Crippen LogP contribution in [-0.4, -0.2) is 40.0 Å². The second-order valence-electron chi connectivity index (χ2n) is 6.44. The molecule has 5 nitrogen and oxygen atoms in total. The van der Waals surface area contributed by atoms with Gasteiger partial charge in [0.25, 0.3) is 0 Å². The highest BCUT2D eigenvalue weighted by molar-refractivity contribution is 5.90. The van der Waals surface area contributed by atoms with Gasteiger partial charge in [0, 0.05) is 29.7 Å². The second kappa shape index (κ2) is 4.60. The molecule has 1 saturated heterocycles. The van der Waals surface area contributed by atoms with Crippen molar-refractivity contribution in [2.75, 3.05) is 13.1 Å². The number of aromatic amines is 1. The smallest absolute Gasteiger partial charge is 0.307 e. The van der Waals surface area contributed by atoms with Gasteiger partial charge in [-0.3, -0.25) is 9.59 Å². The van der Waals surface area contributed by atoms with Crippen LogP contribution < -0.4 is 0 Å². The first-order valence-electron chi connectivity index (χ1n) is 7.63. The molecule has 2 heterocycles. The molecule has 1 amide bonds. The number of hydrogen-bond donors (Lipinski definition) is 2. The van der Waals surface area contributed by atoms with E-state index in [2.05, 4.69) is 4.98 Å². The highest BCUT2D eigenvalue weighted by atomic mass is 16.4. The molecule has 4 rings (SSSR count). The van der Waals surface area contributed by atoms with Crippen LogP contribution in [-0.2, 0) is 16.0 Å². The molecule has 2 aromatic rings. The summed E-state index contributed by atoms with van der Waals surface area (Å²) in [6, 6.07) is 8.00. The van der Waals surface area contributed by atoms with Gasteiger partial charge in [-0.05, 0) is 30.4 Å². The standard InChI is InChI=1S/C17H18N2O3/c1-9-11(10-4-2-3-5-14(10)18-9)6-15(20)19-7-12-13(8-19)16(12)17(21)22/h2-5,12-13,16,18H,6-8H2,1H3,(H,21,22)/t12-,13+,16?. The van der Waals surface area contributed by atoms with Crippen molar-refractivity contribution in [1.29, 1.82) is 0 Å². The van der Waals surface area contributed by atoms with E-state index in [4.69, 9.17) is 5.11 Å². The predicted molar refractivity (Wildman–Crippen MR) is 81.4 cm³/mol. The number of piperidine rings is 1. The van der Waals surface area contributed by atoms with Crippen molar-refractivity contribution < 1.29 is 14.7 Å². The second-order valence-corrected chi connectivity index (χ2v) is 6.44. The van der Waals surface area contributed by atoms with E-state index >= 15 is 0 Å². The number of carboxylic acids is 1. The number of amides is 1. The number of nitrogens with one attached hydrogen (secondary N) is 1. The van der Waals surface area contributed by atoms with Gasteiger partial charge in [-0.15, -0.1) is 0 Å². The van der Waals surface area contributed by atoms with Crippen LogP contribution in [0.4, 0.5) is 0 Å². The van der Waals surface area contributed by atoms with Gasteiger partial charge in [0.2, 0.25) is 5.91 Å². The number of benzene rings is 1. The lowest BCUT2D eigenvalue weighted by atomic mass is 10.1. The third-order valence-corrected chi connectivity index (χ3v) is 5.19. The van der Waals surface area contributed by atoms with E-state index in [-0.39, 0.29) is 23.7 Å². The number of aliphatic carboxylic acids is 1. The van der Waals surface area contributed by atoms with Gasteiger partial charge in [-0.1, -0.05) is 18.2 Å². The summed E-state index contributed by atoms with van der Waals surface area (Å²) in [6.45, 7) is 3.19. The lowest BCUT2D eigenvalue weighted by molar-refractivity contribution is -0.140. The van der Waals surface area contributed by atoms with E-state index in [1.54, 1.807) is 0 Å². The molecule has 2 fully saturated rings. The molecule has 114 valence electrons. The van der Waals surface area contributed by atoms with Crippen molar-refractivity contribution in [2.24, 2.45) is 17.8 Å². The summed E-state index contributed by atoms with van der Waals surface area (Å²) < 4.78 is 0. The predicted octanol–water partition coefficient (Wildman–Crippen LogP) is 1.81. The molecule has 2 N–H and O–H groups in total. The maximum Gasteiger partial charge on any atom is 0.307 e. The van der Waals surface area contributed by atoms with Crippen molar-refractivity contribution in [2.45, 2.75) is 13.3 Å². The monoisotopic (exact) mass is 298 g/mol. The molecule has 0 radical (unpaired) electrons. The summed E-state index contributed by atoms with van der Waals surface area (Å²) in [7, 11) is 0. The van der Waals surface area contributed by atoms with Gasteiger partial charge in [-0.2, -0.15) is 0 Å². The number of carboxylic acid groups (broad SMARTS) is 1. The number of carbonyl (C=O) groups is 2. The number of carbonyl (C=O) groups excluding carboxylic acids is 1. The number of rotatable bonds is 3. The molecular weight excluding hydrogens is 280 g/mol. The minimum atomic E-state index is -0.713. The number of H-pyrrole nitrogens is 1. The number of nitrogens with zero attached hydrogens (tertiary/aromatic N) is 1. The van der Waals surface area contributed by atoms with Crippen LogP contribution in [0, 0.1) is 24.7 Å². The SMILES string of the molecule is Cc1[nH]c2ccccc2c1CC(=O)N1C[C@@H]2C(C(=O)O)[C@@H]2C1. The van der Waals surface area contributed by atoms with Gasteiger partial charge in [-0.25, -0.2) is 0 Å². The molecule has 2 aliphatic rings. The van der Waals surface area contributed by atoms with Crippen LogP contribution >= 0.6 is 0 Å². The third kappa shape index (κ3) is 1.92. The molecule has 1 aliphatic heterocycles. The van der Waals surface area contributed by atoms with Crippen molar-refractivity contribution >= 4 is 22.8 Å². The Balaban J connectivity index is 1.49. The Hall–Kier alpha value is -2.30. The molecular formula is C17H18N2O3. The van der Waals surface area contributed by atoms with Crippen molar-refractivity contribution in [3.63, 3.8) is 0 Å². The third-order valence-electron chi connectivity index (χ3n) is 5.19. The first kappa shape index (κ1) is 13.4. The Bertz CT molecular complexity index is 767. The van der Waals surface area contributed by atoms with E-state index in [9.17, 15) is 9.59 Å². The number of para-hydroxylation sites is 1. The molecule has 5 heteroatoms. The molecule has 1 aromatic heterocycles. The van der Waals surface area contributed by atoms with Crippen molar-refractivity contribution in [3.05, 3.63) is 35.5 Å². The summed E-state index contributed by atoms with van der Waals surface area (Å²) in [5, 5.41) is 10.1. The Morgan fingerprint density at radius 1 is 1.27 bits per heavy atom. The topological polar surface area (TPSA) is 73.4 Å². The average molecular weight is 298 g/mol. The number of aryl methyl sites for hydroxylation is 1. The maximum atomic E-state index is 12.5. The fraction of sp³-hybridized carbons (Fsp3) is 0.412. The Morgan fingerprint density at radius 3 is 2.64 bits per heavy atom. The highest BCUT2D eigenvalue weighted by Gasteiger charge is 2.60. The maximum absolute atomic E-state index is 12.5. The van der Waals surface area contributed by atoms with Gasteiger partial charge in [0.15, 0.2) is 0 Å². The van der Waals surface area contributed by atoms with E-state index in [0.717, 1.165) is 22.2 Å². The average Bonchev–Trinajstić information content (AvgIpc) is 2.85. The molecule has 0 bridgehead atoms. The van der Waals surface area contributed by atoms with Gasteiger partial charge < -0.3 is 15.0 Å². The molecule has 1 unspecified atom stereocenters. The lowest BCUT2D eigenvalue weighted by Gasteiger charge is -2.19. The largest absolute Gasteiger partial charge is 0.481 e. The first-order valence-corrected chi connectivity index (χ1v) is 7.63. The molecule has 1 saturated carbocycles. The Labute approximate surface area is 127 Å². The zero-order valence-corrected chi connectivity index (χ0v) is 12.4. The molecule has 1 aliphatic carbocycles. The number of fused-ring (bicyclic) bond motifs is 2. The molecule has 3 atom stereocenters. The van der Waals surface area contributed by atoms with Gasteiger partial charge in [0.05, 0.1) is 12.3 Å². The fourth-order valence-electron chi connectivity index (χ4n) is 3.92. The Kier molecular flexibility index (Phi) is 2.79. The quantitative estimate of drug-likeness (QED) is 0.907. The lowest BCUT2D eigenvalue weighted by Crippen LogP contribution is -2.33.